The van der Waals surface area contributed by atoms with Crippen molar-refractivity contribution in [2.24, 2.45) is 5.92 Å². The molecule has 1 saturated heterocycles. The Bertz CT molecular complexity index is 401. The molecule has 0 aliphatic carbocycles. The summed E-state index contributed by atoms with van der Waals surface area (Å²) in [4.78, 5) is 12.9. The molecule has 2 rings (SSSR count). The van der Waals surface area contributed by atoms with Gasteiger partial charge >= 0.3 is 0 Å². The number of hydrogen-bond donors (Lipinski definition) is 1. The van der Waals surface area contributed by atoms with Gasteiger partial charge in [-0.1, -0.05) is 37.3 Å². The second-order valence-corrected chi connectivity index (χ2v) is 5.34. The third kappa shape index (κ3) is 3.58. The van der Waals surface area contributed by atoms with Crippen LogP contribution in [0.5, 0.6) is 0 Å². The predicted molar refractivity (Wildman–Crippen MR) is 76.9 cm³/mol. The molecule has 0 amide bonds. The molecular formula is C16H23NO3. The van der Waals surface area contributed by atoms with Crippen molar-refractivity contribution >= 4 is 6.47 Å². The molecule has 0 spiro atoms. The van der Waals surface area contributed by atoms with Crippen LogP contribution in [0.3, 0.4) is 0 Å². The van der Waals surface area contributed by atoms with Gasteiger partial charge in [-0.05, 0) is 25.2 Å². The maximum absolute atomic E-state index is 10.8. The molecule has 1 aliphatic rings. The standard InChI is InChI=1S/C16H23NO3/c1-2-15(19)13-8-10-17(11-9-13)16(20-12-18)14-6-4-3-5-7-14/h3-7,12-13,15-16,19H,2,8-11H2,1H3. The molecule has 2 unspecified atom stereocenters. The quantitative estimate of drug-likeness (QED) is 0.811. The SMILES string of the molecule is CCC(O)C1CCN(C(OC=O)c2ccccc2)CC1. The minimum atomic E-state index is -0.312. The summed E-state index contributed by atoms with van der Waals surface area (Å²) in [5.74, 6) is 0.365. The molecule has 2 atom stereocenters. The lowest BCUT2D eigenvalue weighted by Gasteiger charge is -2.37. The van der Waals surface area contributed by atoms with Gasteiger partial charge in [0.15, 0.2) is 6.23 Å². The topological polar surface area (TPSA) is 49.8 Å². The molecule has 4 heteroatoms. The number of piperidine rings is 1. The van der Waals surface area contributed by atoms with E-state index in [4.69, 9.17) is 4.74 Å². The number of rotatable bonds is 6. The van der Waals surface area contributed by atoms with E-state index in [1.807, 2.05) is 37.3 Å². The van der Waals surface area contributed by atoms with Crippen molar-refractivity contribution in [1.29, 1.82) is 0 Å². The van der Waals surface area contributed by atoms with E-state index < -0.39 is 0 Å². The number of nitrogens with zero attached hydrogens (tertiary/aromatic N) is 1. The van der Waals surface area contributed by atoms with E-state index in [2.05, 4.69) is 4.90 Å². The van der Waals surface area contributed by atoms with E-state index in [1.165, 1.54) is 0 Å². The van der Waals surface area contributed by atoms with E-state index in [0.29, 0.717) is 12.4 Å². The third-order valence-corrected chi connectivity index (χ3v) is 4.14. The van der Waals surface area contributed by atoms with Gasteiger partial charge in [0.25, 0.3) is 6.47 Å². The molecule has 1 aliphatic heterocycles. The van der Waals surface area contributed by atoms with Crippen molar-refractivity contribution in [3.8, 4) is 0 Å². The highest BCUT2D eigenvalue weighted by molar-refractivity contribution is 5.38. The smallest absolute Gasteiger partial charge is 0.294 e. The molecule has 1 aromatic carbocycles. The molecule has 0 aromatic heterocycles. The first-order valence-corrected chi connectivity index (χ1v) is 7.32. The van der Waals surface area contributed by atoms with E-state index in [9.17, 15) is 9.90 Å². The highest BCUT2D eigenvalue weighted by Gasteiger charge is 2.29. The molecule has 4 nitrogen and oxygen atoms in total. The summed E-state index contributed by atoms with van der Waals surface area (Å²) in [6.07, 6.45) is 2.17. The molecule has 0 radical (unpaired) electrons. The molecular weight excluding hydrogens is 254 g/mol. The lowest BCUT2D eigenvalue weighted by atomic mass is 9.89. The first kappa shape index (κ1) is 15.0. The van der Waals surface area contributed by atoms with Gasteiger partial charge in [-0.25, -0.2) is 0 Å². The number of benzene rings is 1. The molecule has 1 aromatic rings. The van der Waals surface area contributed by atoms with Gasteiger partial charge in [0, 0.05) is 18.7 Å². The van der Waals surface area contributed by atoms with Crippen molar-refractivity contribution in [2.45, 2.75) is 38.5 Å². The second kappa shape index (κ2) is 7.41. The van der Waals surface area contributed by atoms with Crippen LogP contribution in [0, 0.1) is 5.92 Å². The first-order valence-electron chi connectivity index (χ1n) is 7.32. The molecule has 1 fully saturated rings. The van der Waals surface area contributed by atoms with E-state index in [0.717, 1.165) is 37.9 Å². The Balaban J connectivity index is 2.00. The number of carbonyl (C=O) groups excluding carboxylic acids is 1. The Morgan fingerprint density at radius 2 is 2.00 bits per heavy atom. The van der Waals surface area contributed by atoms with Gasteiger partial charge < -0.3 is 9.84 Å². The molecule has 0 bridgehead atoms. The van der Waals surface area contributed by atoms with Crippen molar-refractivity contribution in [1.82, 2.24) is 4.90 Å². The fraction of sp³-hybridized carbons (Fsp3) is 0.562. The summed E-state index contributed by atoms with van der Waals surface area (Å²) < 4.78 is 5.27. The van der Waals surface area contributed by atoms with E-state index in [1.54, 1.807) is 0 Å². The van der Waals surface area contributed by atoms with Crippen LogP contribution in [0.2, 0.25) is 0 Å². The van der Waals surface area contributed by atoms with Crippen LogP contribution in [0.1, 0.15) is 38.0 Å². The number of hydrogen-bond acceptors (Lipinski definition) is 4. The number of ether oxygens (including phenoxy) is 1. The van der Waals surface area contributed by atoms with E-state index >= 15 is 0 Å². The Hall–Kier alpha value is -1.39. The van der Waals surface area contributed by atoms with Gasteiger partial charge in [0.05, 0.1) is 6.10 Å². The van der Waals surface area contributed by atoms with Crippen LogP contribution in [-0.4, -0.2) is 35.7 Å². The number of aliphatic hydroxyl groups excluding tert-OH is 1. The minimum absolute atomic E-state index is 0.209. The van der Waals surface area contributed by atoms with Gasteiger partial charge in [0.1, 0.15) is 0 Å². The maximum atomic E-state index is 10.8. The highest BCUT2D eigenvalue weighted by Crippen LogP contribution is 2.29. The summed E-state index contributed by atoms with van der Waals surface area (Å²) in [5.41, 5.74) is 0.995. The highest BCUT2D eigenvalue weighted by atomic mass is 16.5. The van der Waals surface area contributed by atoms with Crippen molar-refractivity contribution < 1.29 is 14.6 Å². The normalized spacial score (nSPS) is 20.3. The average Bonchev–Trinajstić information content (AvgIpc) is 2.53. The largest absolute Gasteiger partial charge is 0.444 e. The third-order valence-electron chi connectivity index (χ3n) is 4.14. The van der Waals surface area contributed by atoms with Crippen LogP contribution in [0.4, 0.5) is 0 Å². The number of carbonyl (C=O) groups is 1. The fourth-order valence-electron chi connectivity index (χ4n) is 2.92. The number of likely N-dealkylation sites (tertiary alicyclic amines) is 1. The molecule has 1 N–H and O–H groups in total. The monoisotopic (exact) mass is 277 g/mol. The zero-order valence-corrected chi connectivity index (χ0v) is 11.9. The zero-order chi connectivity index (χ0) is 14.4. The summed E-state index contributed by atoms with van der Waals surface area (Å²) in [6, 6.07) is 9.79. The molecule has 0 saturated carbocycles. The Labute approximate surface area is 120 Å². The van der Waals surface area contributed by atoms with Crippen LogP contribution in [0.15, 0.2) is 30.3 Å². The second-order valence-electron chi connectivity index (χ2n) is 5.34. The van der Waals surface area contributed by atoms with Crippen LogP contribution in [0.25, 0.3) is 0 Å². The van der Waals surface area contributed by atoms with Gasteiger partial charge in [-0.2, -0.15) is 0 Å². The summed E-state index contributed by atoms with van der Waals surface area (Å²) in [6.45, 7) is 4.22. The van der Waals surface area contributed by atoms with Gasteiger partial charge in [0.2, 0.25) is 0 Å². The van der Waals surface area contributed by atoms with Crippen LogP contribution < -0.4 is 0 Å². The lowest BCUT2D eigenvalue weighted by Crippen LogP contribution is -2.40. The van der Waals surface area contributed by atoms with Gasteiger partial charge in [-0.3, -0.25) is 9.69 Å². The van der Waals surface area contributed by atoms with Crippen LogP contribution >= 0.6 is 0 Å². The summed E-state index contributed by atoms with van der Waals surface area (Å²) >= 11 is 0. The molecule has 110 valence electrons. The number of aliphatic hydroxyl groups is 1. The Morgan fingerprint density at radius 1 is 1.35 bits per heavy atom. The summed E-state index contributed by atoms with van der Waals surface area (Å²) in [7, 11) is 0. The Kier molecular flexibility index (Phi) is 5.56. The van der Waals surface area contributed by atoms with Crippen molar-refractivity contribution in [2.75, 3.05) is 13.1 Å². The van der Waals surface area contributed by atoms with Crippen LogP contribution in [-0.2, 0) is 9.53 Å². The Morgan fingerprint density at radius 3 is 2.55 bits per heavy atom. The lowest BCUT2D eigenvalue weighted by molar-refractivity contribution is -0.146. The average molecular weight is 277 g/mol. The first-order chi connectivity index (χ1) is 9.76. The molecule has 20 heavy (non-hydrogen) atoms. The van der Waals surface area contributed by atoms with E-state index in [-0.39, 0.29) is 12.3 Å². The molecule has 1 heterocycles. The zero-order valence-electron chi connectivity index (χ0n) is 11.9. The summed E-state index contributed by atoms with van der Waals surface area (Å²) in [5, 5.41) is 9.92. The van der Waals surface area contributed by atoms with Gasteiger partial charge in [-0.15, -0.1) is 0 Å². The van der Waals surface area contributed by atoms with Crippen molar-refractivity contribution in [3.05, 3.63) is 35.9 Å². The minimum Gasteiger partial charge on any atom is -0.444 e. The fourth-order valence-corrected chi connectivity index (χ4v) is 2.92. The van der Waals surface area contributed by atoms with Crippen molar-refractivity contribution in [3.63, 3.8) is 0 Å². The predicted octanol–water partition coefficient (Wildman–Crippen LogP) is 2.34. The maximum Gasteiger partial charge on any atom is 0.294 e.